The van der Waals surface area contributed by atoms with Crippen molar-refractivity contribution in [3.05, 3.63) is 46.6 Å². The summed E-state index contributed by atoms with van der Waals surface area (Å²) < 4.78 is 4.99. The van der Waals surface area contributed by atoms with Crippen molar-refractivity contribution in [1.29, 1.82) is 0 Å². The second-order valence-corrected chi connectivity index (χ2v) is 4.47. The molecule has 2 aromatic rings. The van der Waals surface area contributed by atoms with Gasteiger partial charge in [0.1, 0.15) is 17.6 Å². The number of aromatic nitrogens is 3. The van der Waals surface area contributed by atoms with Crippen molar-refractivity contribution < 1.29 is 4.74 Å². The van der Waals surface area contributed by atoms with Crippen LogP contribution < -0.4 is 5.32 Å². The lowest BCUT2D eigenvalue weighted by Gasteiger charge is -2.07. The van der Waals surface area contributed by atoms with Gasteiger partial charge in [0.25, 0.3) is 0 Å². The van der Waals surface area contributed by atoms with Crippen LogP contribution in [0.1, 0.15) is 17.1 Å². The lowest BCUT2D eigenvalue weighted by atomic mass is 10.2. The van der Waals surface area contributed by atoms with Crippen LogP contribution in [-0.2, 0) is 17.9 Å². The third kappa shape index (κ3) is 4.15. The Morgan fingerprint density at radius 3 is 2.84 bits per heavy atom. The van der Waals surface area contributed by atoms with Gasteiger partial charge in [-0.1, -0.05) is 17.7 Å². The number of hydrogen-bond donors (Lipinski definition) is 1. The predicted molar refractivity (Wildman–Crippen MR) is 74.1 cm³/mol. The maximum Gasteiger partial charge on any atom is 0.158 e. The van der Waals surface area contributed by atoms with Crippen LogP contribution in [0.4, 0.5) is 5.82 Å². The van der Waals surface area contributed by atoms with Crippen LogP contribution >= 0.6 is 11.6 Å². The highest BCUT2D eigenvalue weighted by Crippen LogP contribution is 2.13. The van der Waals surface area contributed by atoms with E-state index in [2.05, 4.69) is 20.3 Å². The average Bonchev–Trinajstić information content (AvgIpc) is 2.38. The molecule has 0 fully saturated rings. The number of ether oxygens (including phenoxy) is 1. The quantitative estimate of drug-likeness (QED) is 0.852. The van der Waals surface area contributed by atoms with E-state index in [9.17, 15) is 0 Å². The smallest absolute Gasteiger partial charge is 0.158 e. The van der Waals surface area contributed by atoms with Crippen LogP contribution in [-0.4, -0.2) is 22.1 Å². The van der Waals surface area contributed by atoms with Crippen LogP contribution in [0, 0.1) is 6.92 Å². The Balaban J connectivity index is 2.04. The molecule has 0 aliphatic rings. The number of pyridine rings is 1. The Bertz CT molecular complexity index is 545. The Hall–Kier alpha value is -1.72. The Morgan fingerprint density at radius 2 is 2.16 bits per heavy atom. The summed E-state index contributed by atoms with van der Waals surface area (Å²) in [5.41, 5.74) is 2.07. The molecular weight excluding hydrogens is 264 g/mol. The fourth-order valence-electron chi connectivity index (χ4n) is 1.54. The van der Waals surface area contributed by atoms with Gasteiger partial charge < -0.3 is 10.1 Å². The molecule has 0 atom stereocenters. The van der Waals surface area contributed by atoms with Gasteiger partial charge in [-0.15, -0.1) is 0 Å². The third-order valence-corrected chi connectivity index (χ3v) is 2.65. The predicted octanol–water partition coefficient (Wildman–Crippen LogP) is 2.59. The third-order valence-electron chi connectivity index (χ3n) is 2.46. The highest BCUT2D eigenvalue weighted by atomic mass is 35.5. The molecule has 0 amide bonds. The van der Waals surface area contributed by atoms with Crippen LogP contribution in [0.15, 0.2) is 24.4 Å². The molecule has 0 radical (unpaired) electrons. The van der Waals surface area contributed by atoms with Gasteiger partial charge in [-0.2, -0.15) is 0 Å². The molecule has 2 aromatic heterocycles. The Kier molecular flexibility index (Phi) is 4.65. The van der Waals surface area contributed by atoms with E-state index in [1.165, 1.54) is 0 Å². The van der Waals surface area contributed by atoms with E-state index in [1.54, 1.807) is 13.2 Å². The van der Waals surface area contributed by atoms with E-state index < -0.39 is 0 Å². The number of nitrogens with zero attached hydrogens (tertiary/aromatic N) is 3. The van der Waals surface area contributed by atoms with Gasteiger partial charge in [-0.25, -0.2) is 9.97 Å². The zero-order valence-electron chi connectivity index (χ0n) is 10.9. The number of hydrogen-bond acceptors (Lipinski definition) is 5. The highest BCUT2D eigenvalue weighted by molar-refractivity contribution is 6.29. The number of anilines is 1. The first-order chi connectivity index (χ1) is 9.17. The zero-order valence-corrected chi connectivity index (χ0v) is 11.6. The minimum Gasteiger partial charge on any atom is -0.377 e. The molecule has 0 spiro atoms. The normalized spacial score (nSPS) is 10.5. The molecule has 0 aliphatic heterocycles. The van der Waals surface area contributed by atoms with E-state index in [4.69, 9.17) is 16.3 Å². The van der Waals surface area contributed by atoms with Crippen LogP contribution in [0.2, 0.25) is 5.15 Å². The molecule has 0 saturated heterocycles. The van der Waals surface area contributed by atoms with Crippen molar-refractivity contribution >= 4 is 17.4 Å². The number of aryl methyl sites for hydroxylation is 1. The van der Waals surface area contributed by atoms with Gasteiger partial charge in [-0.3, -0.25) is 4.98 Å². The molecule has 0 saturated carbocycles. The minimum absolute atomic E-state index is 0.335. The number of rotatable bonds is 5. The topological polar surface area (TPSA) is 59.9 Å². The number of nitrogens with one attached hydrogen (secondary N) is 1. The molecule has 19 heavy (non-hydrogen) atoms. The molecule has 100 valence electrons. The summed E-state index contributed by atoms with van der Waals surface area (Å²) in [6.07, 6.45) is 1.83. The van der Waals surface area contributed by atoms with Gasteiger partial charge in [0.15, 0.2) is 5.82 Å². The summed E-state index contributed by atoms with van der Waals surface area (Å²) in [7, 11) is 1.59. The Labute approximate surface area is 117 Å². The highest BCUT2D eigenvalue weighted by Gasteiger charge is 2.03. The van der Waals surface area contributed by atoms with Gasteiger partial charge >= 0.3 is 0 Å². The van der Waals surface area contributed by atoms with E-state index in [0.717, 1.165) is 11.3 Å². The first-order valence-electron chi connectivity index (χ1n) is 5.85. The first kappa shape index (κ1) is 13.7. The van der Waals surface area contributed by atoms with E-state index >= 15 is 0 Å². The minimum atomic E-state index is 0.335. The number of halogens is 1. The Morgan fingerprint density at radius 1 is 1.32 bits per heavy atom. The van der Waals surface area contributed by atoms with Gasteiger partial charge in [-0.05, 0) is 18.6 Å². The van der Waals surface area contributed by atoms with Crippen LogP contribution in [0.5, 0.6) is 0 Å². The molecule has 0 unspecified atom stereocenters. The van der Waals surface area contributed by atoms with Crippen molar-refractivity contribution in [1.82, 2.24) is 15.0 Å². The first-order valence-corrected chi connectivity index (χ1v) is 6.23. The van der Waals surface area contributed by atoms with Crippen molar-refractivity contribution in [2.24, 2.45) is 0 Å². The van der Waals surface area contributed by atoms with Gasteiger partial charge in [0, 0.05) is 31.6 Å². The molecule has 0 aliphatic carbocycles. The second-order valence-electron chi connectivity index (χ2n) is 4.09. The fraction of sp³-hybridized carbons (Fsp3) is 0.308. The van der Waals surface area contributed by atoms with Gasteiger partial charge in [0.05, 0.1) is 0 Å². The maximum absolute atomic E-state index is 5.93. The maximum atomic E-state index is 5.93. The summed E-state index contributed by atoms with van der Waals surface area (Å²) in [5.74, 6) is 1.23. The van der Waals surface area contributed by atoms with Gasteiger partial charge in [0.2, 0.25) is 0 Å². The molecule has 5 nitrogen and oxygen atoms in total. The second kappa shape index (κ2) is 6.45. The average molecular weight is 279 g/mol. The van der Waals surface area contributed by atoms with Crippen molar-refractivity contribution in [3.8, 4) is 0 Å². The molecule has 0 bridgehead atoms. The molecule has 6 heteroatoms. The van der Waals surface area contributed by atoms with Crippen molar-refractivity contribution in [3.63, 3.8) is 0 Å². The summed E-state index contributed by atoms with van der Waals surface area (Å²) in [5, 5.41) is 3.58. The van der Waals surface area contributed by atoms with Crippen molar-refractivity contribution in [2.75, 3.05) is 12.4 Å². The van der Waals surface area contributed by atoms with E-state index in [0.29, 0.717) is 29.9 Å². The molecule has 2 rings (SSSR count). The van der Waals surface area contributed by atoms with Crippen molar-refractivity contribution in [2.45, 2.75) is 20.1 Å². The van der Waals surface area contributed by atoms with E-state index in [-0.39, 0.29) is 0 Å². The summed E-state index contributed by atoms with van der Waals surface area (Å²) in [6.45, 7) is 2.92. The zero-order chi connectivity index (χ0) is 13.7. The molecule has 1 N–H and O–H groups in total. The summed E-state index contributed by atoms with van der Waals surface area (Å²) >= 11 is 5.93. The van der Waals surface area contributed by atoms with Crippen LogP contribution in [0.3, 0.4) is 0 Å². The lowest BCUT2D eigenvalue weighted by molar-refractivity contribution is 0.178. The SMILES string of the molecule is COCc1nc(Cl)cc(NCc2ccc(C)nc2)n1. The summed E-state index contributed by atoms with van der Waals surface area (Å²) in [4.78, 5) is 12.6. The lowest BCUT2D eigenvalue weighted by Crippen LogP contribution is -2.05. The largest absolute Gasteiger partial charge is 0.377 e. The standard InChI is InChI=1S/C13H15ClN4O/c1-9-3-4-10(6-15-9)7-16-12-5-11(14)17-13(18-12)8-19-2/h3-6H,7-8H2,1-2H3,(H,16,17,18). The van der Waals surface area contributed by atoms with Crippen LogP contribution in [0.25, 0.3) is 0 Å². The number of methoxy groups -OCH3 is 1. The fourth-order valence-corrected chi connectivity index (χ4v) is 1.75. The molecular formula is C13H15ClN4O. The van der Waals surface area contributed by atoms with E-state index in [1.807, 2.05) is 25.3 Å². The monoisotopic (exact) mass is 278 g/mol. The molecule has 0 aromatic carbocycles. The summed E-state index contributed by atoms with van der Waals surface area (Å²) in [6, 6.07) is 5.68. The molecule has 2 heterocycles.